The first-order chi connectivity index (χ1) is 12.4. The Labute approximate surface area is 221 Å². The summed E-state index contributed by atoms with van der Waals surface area (Å²) in [5.74, 6) is 0.631. The van der Waals surface area contributed by atoms with Crippen LogP contribution in [0.3, 0.4) is 0 Å². The third-order valence-corrected chi connectivity index (χ3v) is 2.70. The van der Waals surface area contributed by atoms with Gasteiger partial charge < -0.3 is 29.6 Å². The topological polar surface area (TPSA) is 40.5 Å². The maximum atomic E-state index is 8.97. The molecule has 0 aromatic heterocycles. The number of benzene rings is 2. The second-order valence-corrected chi connectivity index (χ2v) is 5.63. The van der Waals surface area contributed by atoms with Gasteiger partial charge in [-0.05, 0) is 63.1 Å². The number of phenols is 2. The molecule has 0 amide bonds. The van der Waals surface area contributed by atoms with Crippen molar-refractivity contribution >= 4 is 12.2 Å². The number of terminal acetylenes is 1. The van der Waals surface area contributed by atoms with Crippen molar-refractivity contribution in [2.75, 3.05) is 0 Å². The molecule has 0 bridgehead atoms. The molecule has 0 spiro atoms. The van der Waals surface area contributed by atoms with Crippen molar-refractivity contribution in [3.63, 3.8) is 0 Å². The van der Waals surface area contributed by atoms with Crippen LogP contribution in [0.25, 0.3) is 12.2 Å². The van der Waals surface area contributed by atoms with Gasteiger partial charge in [0.05, 0.1) is 0 Å². The quantitative estimate of drug-likeness (QED) is 0.350. The van der Waals surface area contributed by atoms with Crippen LogP contribution in [0.15, 0.2) is 66.3 Å². The fraction of sp³-hybridized carbons (Fsp3) is 0.167. The molecule has 2 nitrogen and oxygen atoms in total. The fourth-order valence-electron chi connectivity index (χ4n) is 1.81. The minimum absolute atomic E-state index is 0. The molecule has 0 atom stereocenters. The van der Waals surface area contributed by atoms with Crippen molar-refractivity contribution in [3.05, 3.63) is 90.4 Å². The van der Waals surface area contributed by atoms with Crippen LogP contribution in [-0.2, 0) is 65.4 Å². The fourth-order valence-corrected chi connectivity index (χ4v) is 1.81. The maximum absolute atomic E-state index is 8.97. The Morgan fingerprint density at radius 2 is 0.929 bits per heavy atom. The van der Waals surface area contributed by atoms with Crippen LogP contribution in [0.5, 0.6) is 11.5 Å². The molecule has 28 heavy (non-hydrogen) atoms. The Balaban J connectivity index is -0.000000165. The van der Waals surface area contributed by atoms with Gasteiger partial charge >= 0.3 is 0 Å². The molecule has 0 aliphatic heterocycles. The van der Waals surface area contributed by atoms with Crippen molar-refractivity contribution in [3.8, 4) is 17.9 Å². The van der Waals surface area contributed by atoms with Crippen molar-refractivity contribution < 1.29 is 75.6 Å². The van der Waals surface area contributed by atoms with Gasteiger partial charge in [-0.15, -0.1) is 0 Å². The minimum atomic E-state index is 0. The zero-order chi connectivity index (χ0) is 20.5. The molecule has 2 aromatic carbocycles. The van der Waals surface area contributed by atoms with E-state index in [0.717, 1.165) is 11.1 Å². The molecule has 0 aliphatic rings. The van der Waals surface area contributed by atoms with E-state index in [9.17, 15) is 0 Å². The number of hydrogen-bond donors (Lipinski definition) is 2. The number of aromatic hydroxyl groups is 2. The Kier molecular flexibility index (Phi) is 27.5. The Bertz CT molecular complexity index is 630. The molecule has 2 N–H and O–H groups in total. The zero-order valence-corrected chi connectivity index (χ0v) is 22.9. The molecule has 2 radical (unpaired) electrons. The summed E-state index contributed by atoms with van der Waals surface area (Å²) in [6.45, 7) is 15.2. The second kappa shape index (κ2) is 22.3. The average Bonchev–Trinajstić information content (AvgIpc) is 2.62. The van der Waals surface area contributed by atoms with Gasteiger partial charge in [0.1, 0.15) is 11.5 Å². The first-order valence-electron chi connectivity index (χ1n) is 7.94. The van der Waals surface area contributed by atoms with E-state index in [2.05, 4.69) is 31.7 Å². The van der Waals surface area contributed by atoms with E-state index in [-0.39, 0.29) is 65.4 Å². The van der Waals surface area contributed by atoms with E-state index in [1.807, 2.05) is 52.0 Å². The van der Waals surface area contributed by atoms with Crippen LogP contribution in [0.1, 0.15) is 38.8 Å². The van der Waals surface area contributed by atoms with E-state index >= 15 is 0 Å². The van der Waals surface area contributed by atoms with E-state index in [0.29, 0.717) is 11.5 Å². The zero-order valence-electron chi connectivity index (χ0n) is 17.2. The van der Waals surface area contributed by atoms with Crippen LogP contribution >= 0.6 is 0 Å². The summed E-state index contributed by atoms with van der Waals surface area (Å²) < 4.78 is 0. The summed E-state index contributed by atoms with van der Waals surface area (Å²) in [7, 11) is 0. The van der Waals surface area contributed by atoms with Crippen LogP contribution in [0.4, 0.5) is 0 Å². The molecule has 0 aliphatic carbocycles. The summed E-state index contributed by atoms with van der Waals surface area (Å²) in [5, 5.41) is 17.9. The second-order valence-electron chi connectivity index (χ2n) is 5.63. The van der Waals surface area contributed by atoms with E-state index in [1.54, 1.807) is 24.3 Å². The summed E-state index contributed by atoms with van der Waals surface area (Å²) in [6, 6.07) is 14.3. The summed E-state index contributed by atoms with van der Waals surface area (Å²) >= 11 is 0. The number of rotatable bonds is 2. The van der Waals surface area contributed by atoms with Crippen LogP contribution in [0.2, 0.25) is 0 Å². The third-order valence-electron chi connectivity index (χ3n) is 2.70. The van der Waals surface area contributed by atoms with E-state index < -0.39 is 0 Å². The predicted octanol–water partition coefficient (Wildman–Crippen LogP) is 6.44. The van der Waals surface area contributed by atoms with Gasteiger partial charge in [-0.2, -0.15) is 0 Å². The van der Waals surface area contributed by atoms with Crippen LogP contribution in [0, 0.1) is 19.4 Å². The van der Waals surface area contributed by atoms with Gasteiger partial charge in [0.25, 0.3) is 0 Å². The smallest absolute Gasteiger partial charge is 0.115 e. The Morgan fingerprint density at radius 1 is 0.714 bits per heavy atom. The minimum Gasteiger partial charge on any atom is -0.697 e. The Hall–Kier alpha value is -0.972. The van der Waals surface area contributed by atoms with E-state index in [1.165, 1.54) is 11.1 Å². The average molecular weight is 526 g/mol. The summed E-state index contributed by atoms with van der Waals surface area (Å²) in [5.41, 5.74) is 4.77. The van der Waals surface area contributed by atoms with Crippen molar-refractivity contribution in [1.29, 1.82) is 0 Å². The Morgan fingerprint density at radius 3 is 1.11 bits per heavy atom. The number of allylic oxidation sites excluding steroid dienone is 2. The molecule has 0 unspecified atom stereocenters. The molecule has 0 saturated carbocycles. The molecule has 0 saturated heterocycles. The first-order valence-corrected chi connectivity index (χ1v) is 7.94. The number of hydrogen-bond acceptors (Lipinski definition) is 2. The van der Waals surface area contributed by atoms with Gasteiger partial charge in [-0.25, -0.2) is 0 Å². The third kappa shape index (κ3) is 19.8. The van der Waals surface area contributed by atoms with Crippen molar-refractivity contribution in [1.82, 2.24) is 0 Å². The van der Waals surface area contributed by atoms with Gasteiger partial charge in [0, 0.05) is 65.4 Å². The van der Waals surface area contributed by atoms with E-state index in [4.69, 9.17) is 16.6 Å². The molecule has 0 heterocycles. The van der Waals surface area contributed by atoms with Gasteiger partial charge in [0.2, 0.25) is 0 Å². The monoisotopic (exact) mass is 526 g/mol. The molecule has 2 aromatic rings. The summed E-state index contributed by atoms with van der Waals surface area (Å²) in [4.78, 5) is 0. The molecule has 4 heteroatoms. The molecule has 0 fully saturated rings. The molecular weight excluding hydrogens is 498 g/mol. The molecule has 144 valence electrons. The standard InChI is InChI=1S/2C10H12O.C2H3.C2H.2Y/c2*1-8(2)7-9-3-5-10(11)6-4-9;2*1-2;;/h2*3-7,11H,1-2H3;1H,2H2;1H;;/q;;2*-1;;. The van der Waals surface area contributed by atoms with Gasteiger partial charge in [-0.1, -0.05) is 47.6 Å². The van der Waals surface area contributed by atoms with Crippen LogP contribution in [-0.4, -0.2) is 10.2 Å². The maximum Gasteiger partial charge on any atom is 0.115 e. The van der Waals surface area contributed by atoms with Crippen LogP contribution < -0.4 is 0 Å². The number of phenolic OH excluding ortho intramolecular Hbond substituents is 2. The van der Waals surface area contributed by atoms with Crippen molar-refractivity contribution in [2.45, 2.75) is 27.7 Å². The van der Waals surface area contributed by atoms with Crippen molar-refractivity contribution in [2.24, 2.45) is 0 Å². The van der Waals surface area contributed by atoms with Gasteiger partial charge in [0.15, 0.2) is 0 Å². The SMILES string of the molecule is CC(C)=Cc1ccc(O)cc1.CC(C)=Cc1ccc(O)cc1.[C-]#C.[CH-]=C.[Y].[Y]. The normalized spacial score (nSPS) is 7.50. The molecular formula is C24H28O2Y2-2. The first kappa shape index (κ1) is 34.5. The predicted molar refractivity (Wildman–Crippen MR) is 113 cm³/mol. The van der Waals surface area contributed by atoms with Gasteiger partial charge in [-0.3, -0.25) is 6.58 Å². The summed E-state index contributed by atoms with van der Waals surface area (Å²) in [6.07, 6.45) is 13.1. The molecule has 2 rings (SSSR count). The largest absolute Gasteiger partial charge is 0.697 e.